The Labute approximate surface area is 173 Å². The molecular weight excluding hydrogens is 374 g/mol. The van der Waals surface area contributed by atoms with E-state index >= 15 is 0 Å². The number of carbonyl (C=O) groups excluding carboxylic acids is 1. The SMILES string of the molecule is CCNC(=NCC1CCN(C)C1)N1CCN(C(=O)Cc2cccc(Cl)c2)CC1. The number of carbonyl (C=O) groups is 1. The first-order chi connectivity index (χ1) is 13.5. The molecule has 0 bridgehead atoms. The molecule has 1 N–H and O–H groups in total. The molecule has 7 heteroatoms. The Morgan fingerprint density at radius 3 is 2.61 bits per heavy atom. The summed E-state index contributed by atoms with van der Waals surface area (Å²) < 4.78 is 0. The van der Waals surface area contributed by atoms with Crippen LogP contribution in [-0.4, -0.2) is 86.0 Å². The van der Waals surface area contributed by atoms with E-state index in [4.69, 9.17) is 16.6 Å². The number of rotatable bonds is 5. The highest BCUT2D eigenvalue weighted by Gasteiger charge is 2.24. The van der Waals surface area contributed by atoms with Crippen LogP contribution < -0.4 is 5.32 Å². The number of piperazine rings is 1. The maximum Gasteiger partial charge on any atom is 0.227 e. The highest BCUT2D eigenvalue weighted by Crippen LogP contribution is 2.15. The van der Waals surface area contributed by atoms with E-state index in [1.165, 1.54) is 13.0 Å². The summed E-state index contributed by atoms with van der Waals surface area (Å²) in [5.74, 6) is 1.80. The monoisotopic (exact) mass is 405 g/mol. The summed E-state index contributed by atoms with van der Waals surface area (Å²) >= 11 is 6.03. The van der Waals surface area contributed by atoms with Gasteiger partial charge < -0.3 is 20.0 Å². The van der Waals surface area contributed by atoms with Crippen LogP contribution in [0.15, 0.2) is 29.3 Å². The van der Waals surface area contributed by atoms with Gasteiger partial charge in [-0.05, 0) is 50.6 Å². The van der Waals surface area contributed by atoms with E-state index in [1.54, 1.807) is 0 Å². The molecule has 2 aliphatic rings. The third kappa shape index (κ3) is 5.85. The molecule has 0 aliphatic carbocycles. The number of halogens is 1. The third-order valence-electron chi connectivity index (χ3n) is 5.50. The lowest BCUT2D eigenvalue weighted by Gasteiger charge is -2.36. The second-order valence-corrected chi connectivity index (χ2v) is 8.22. The number of aliphatic imine (C=N–C) groups is 1. The first-order valence-corrected chi connectivity index (χ1v) is 10.7. The van der Waals surface area contributed by atoms with Crippen molar-refractivity contribution < 1.29 is 4.79 Å². The van der Waals surface area contributed by atoms with Crippen molar-refractivity contribution in [3.05, 3.63) is 34.9 Å². The largest absolute Gasteiger partial charge is 0.357 e. The van der Waals surface area contributed by atoms with Crippen molar-refractivity contribution in [2.75, 3.05) is 59.4 Å². The number of nitrogens with one attached hydrogen (secondary N) is 1. The van der Waals surface area contributed by atoms with Gasteiger partial charge in [0.25, 0.3) is 0 Å². The van der Waals surface area contributed by atoms with Crippen molar-refractivity contribution in [1.82, 2.24) is 20.0 Å². The molecule has 1 amide bonds. The Kier molecular flexibility index (Phi) is 7.57. The Bertz CT molecular complexity index is 687. The molecule has 2 fully saturated rings. The molecule has 0 aromatic heterocycles. The van der Waals surface area contributed by atoms with Crippen molar-refractivity contribution >= 4 is 23.5 Å². The maximum absolute atomic E-state index is 12.6. The van der Waals surface area contributed by atoms with Crippen molar-refractivity contribution in [2.45, 2.75) is 19.8 Å². The lowest BCUT2D eigenvalue weighted by atomic mass is 10.1. The summed E-state index contributed by atoms with van der Waals surface area (Å²) in [5, 5.41) is 4.10. The molecule has 0 saturated carbocycles. The average Bonchev–Trinajstić information content (AvgIpc) is 3.10. The number of hydrogen-bond donors (Lipinski definition) is 1. The van der Waals surface area contributed by atoms with E-state index in [0.717, 1.165) is 57.3 Å². The van der Waals surface area contributed by atoms with Gasteiger partial charge in [0, 0.05) is 50.8 Å². The molecule has 0 spiro atoms. The van der Waals surface area contributed by atoms with E-state index in [1.807, 2.05) is 29.2 Å². The van der Waals surface area contributed by atoms with Gasteiger partial charge in [-0.15, -0.1) is 0 Å². The average molecular weight is 406 g/mol. The number of guanidine groups is 1. The summed E-state index contributed by atoms with van der Waals surface area (Å²) in [6, 6.07) is 7.55. The van der Waals surface area contributed by atoms with Gasteiger partial charge in [0.05, 0.1) is 6.42 Å². The normalized spacial score (nSPS) is 21.2. The zero-order chi connectivity index (χ0) is 19.9. The molecule has 28 heavy (non-hydrogen) atoms. The van der Waals surface area contributed by atoms with Crippen LogP contribution in [-0.2, 0) is 11.2 Å². The first kappa shape index (κ1) is 20.9. The molecule has 1 atom stereocenters. The fourth-order valence-corrected chi connectivity index (χ4v) is 4.13. The molecule has 6 nitrogen and oxygen atoms in total. The van der Waals surface area contributed by atoms with Crippen molar-refractivity contribution in [2.24, 2.45) is 10.9 Å². The van der Waals surface area contributed by atoms with Crippen LogP contribution in [0.5, 0.6) is 0 Å². The van der Waals surface area contributed by atoms with Crippen LogP contribution in [0.4, 0.5) is 0 Å². The molecule has 0 radical (unpaired) electrons. The van der Waals surface area contributed by atoms with Gasteiger partial charge in [-0.3, -0.25) is 9.79 Å². The van der Waals surface area contributed by atoms with Gasteiger partial charge in [-0.25, -0.2) is 0 Å². The molecule has 1 unspecified atom stereocenters. The van der Waals surface area contributed by atoms with Gasteiger partial charge in [0.2, 0.25) is 5.91 Å². The highest BCUT2D eigenvalue weighted by molar-refractivity contribution is 6.30. The Morgan fingerprint density at radius 2 is 1.96 bits per heavy atom. The Balaban J connectivity index is 1.51. The van der Waals surface area contributed by atoms with Gasteiger partial charge in [0.15, 0.2) is 5.96 Å². The topological polar surface area (TPSA) is 51.2 Å². The molecule has 1 aromatic carbocycles. The van der Waals surface area contributed by atoms with E-state index in [-0.39, 0.29) is 5.91 Å². The smallest absolute Gasteiger partial charge is 0.227 e. The van der Waals surface area contributed by atoms with Gasteiger partial charge in [-0.1, -0.05) is 23.7 Å². The van der Waals surface area contributed by atoms with Gasteiger partial charge in [0.1, 0.15) is 0 Å². The number of amides is 1. The summed E-state index contributed by atoms with van der Waals surface area (Å²) in [7, 11) is 2.18. The minimum absolute atomic E-state index is 0.165. The first-order valence-electron chi connectivity index (χ1n) is 10.3. The number of nitrogens with zero attached hydrogens (tertiary/aromatic N) is 4. The minimum Gasteiger partial charge on any atom is -0.357 e. The van der Waals surface area contributed by atoms with Crippen LogP contribution in [0, 0.1) is 5.92 Å². The maximum atomic E-state index is 12.6. The molecule has 2 aliphatic heterocycles. The lowest BCUT2D eigenvalue weighted by molar-refractivity contribution is -0.131. The van der Waals surface area contributed by atoms with Crippen LogP contribution in [0.1, 0.15) is 18.9 Å². The Hall–Kier alpha value is -1.79. The lowest BCUT2D eigenvalue weighted by Crippen LogP contribution is -2.54. The second-order valence-electron chi connectivity index (χ2n) is 7.79. The summed E-state index contributed by atoms with van der Waals surface area (Å²) in [4.78, 5) is 24.1. The predicted octanol–water partition coefficient (Wildman–Crippen LogP) is 1.94. The molecule has 3 rings (SSSR count). The van der Waals surface area contributed by atoms with Crippen LogP contribution in [0.3, 0.4) is 0 Å². The molecule has 2 saturated heterocycles. The number of likely N-dealkylation sites (tertiary alicyclic amines) is 1. The predicted molar refractivity (Wildman–Crippen MR) is 115 cm³/mol. The quantitative estimate of drug-likeness (QED) is 0.601. The van der Waals surface area contributed by atoms with Crippen LogP contribution >= 0.6 is 11.6 Å². The molecular formula is C21H32ClN5O. The van der Waals surface area contributed by atoms with Crippen LogP contribution in [0.2, 0.25) is 5.02 Å². The minimum atomic E-state index is 0.165. The zero-order valence-corrected chi connectivity index (χ0v) is 17.8. The van der Waals surface area contributed by atoms with E-state index in [0.29, 0.717) is 17.4 Å². The second kappa shape index (κ2) is 10.1. The van der Waals surface area contributed by atoms with Crippen molar-refractivity contribution in [3.63, 3.8) is 0 Å². The van der Waals surface area contributed by atoms with Crippen LogP contribution in [0.25, 0.3) is 0 Å². The van der Waals surface area contributed by atoms with E-state index in [9.17, 15) is 4.79 Å². The molecule has 1 aromatic rings. The van der Waals surface area contributed by atoms with Gasteiger partial charge >= 0.3 is 0 Å². The fraction of sp³-hybridized carbons (Fsp3) is 0.619. The summed E-state index contributed by atoms with van der Waals surface area (Å²) in [6.45, 7) is 9.24. The standard InChI is InChI=1S/C21H32ClN5O/c1-3-23-21(24-15-18-7-8-25(2)16-18)27-11-9-26(10-12-27)20(28)14-17-5-4-6-19(22)13-17/h4-6,13,18H,3,7-12,14-16H2,1-2H3,(H,23,24). The highest BCUT2D eigenvalue weighted by atomic mass is 35.5. The van der Waals surface area contributed by atoms with Crippen molar-refractivity contribution in [3.8, 4) is 0 Å². The molecule has 154 valence electrons. The number of benzene rings is 1. The van der Waals surface area contributed by atoms with E-state index < -0.39 is 0 Å². The number of hydrogen-bond acceptors (Lipinski definition) is 3. The zero-order valence-electron chi connectivity index (χ0n) is 17.0. The third-order valence-corrected chi connectivity index (χ3v) is 5.73. The van der Waals surface area contributed by atoms with Crippen molar-refractivity contribution in [1.29, 1.82) is 0 Å². The summed E-state index contributed by atoms with van der Waals surface area (Å²) in [5.41, 5.74) is 0.969. The van der Waals surface area contributed by atoms with E-state index in [2.05, 4.69) is 29.1 Å². The van der Waals surface area contributed by atoms with Gasteiger partial charge in [-0.2, -0.15) is 0 Å². The summed E-state index contributed by atoms with van der Waals surface area (Å²) in [6.07, 6.45) is 1.63. The fourth-order valence-electron chi connectivity index (χ4n) is 3.92. The molecule has 2 heterocycles. The Morgan fingerprint density at radius 1 is 1.21 bits per heavy atom.